The van der Waals surface area contributed by atoms with Gasteiger partial charge in [-0.05, 0) is 104 Å². The molecule has 44 heavy (non-hydrogen) atoms. The van der Waals surface area contributed by atoms with Crippen LogP contribution < -0.4 is 9.47 Å². The van der Waals surface area contributed by atoms with E-state index in [-0.39, 0.29) is 16.9 Å². The number of halogens is 2. The van der Waals surface area contributed by atoms with E-state index in [1.165, 1.54) is 0 Å². The highest BCUT2D eigenvalue weighted by atomic mass is 35.5. The van der Waals surface area contributed by atoms with Gasteiger partial charge in [-0.15, -0.1) is 11.6 Å². The van der Waals surface area contributed by atoms with Crippen LogP contribution in [0.15, 0.2) is 121 Å². The van der Waals surface area contributed by atoms with E-state index < -0.39 is 5.60 Å². The fourth-order valence-corrected chi connectivity index (χ4v) is 5.06. The highest BCUT2D eigenvalue weighted by molar-refractivity contribution is 6.30. The van der Waals surface area contributed by atoms with Gasteiger partial charge in [-0.3, -0.25) is 9.59 Å². The molecule has 0 aliphatic heterocycles. The zero-order valence-electron chi connectivity index (χ0n) is 24.7. The van der Waals surface area contributed by atoms with Gasteiger partial charge in [0.15, 0.2) is 11.6 Å². The van der Waals surface area contributed by atoms with Crippen LogP contribution in [0.5, 0.6) is 17.2 Å². The van der Waals surface area contributed by atoms with Gasteiger partial charge in [0.1, 0.15) is 22.8 Å². The summed E-state index contributed by atoms with van der Waals surface area (Å²) in [5.74, 6) is 1.84. The van der Waals surface area contributed by atoms with Gasteiger partial charge >= 0.3 is 0 Å². The number of benzene rings is 5. The molecular weight excluding hydrogens is 591 g/mol. The largest absolute Gasteiger partial charge is 0.483 e. The number of rotatable bonds is 11. The summed E-state index contributed by atoms with van der Waals surface area (Å²) >= 11 is 12.1. The maximum Gasteiger partial charge on any atom is 0.193 e. The molecule has 0 fully saturated rings. The average Bonchev–Trinajstić information content (AvgIpc) is 3.06. The molecule has 5 aromatic rings. The number of carbonyl (C=O) groups excluding carboxylic acids is 2. The lowest BCUT2D eigenvalue weighted by molar-refractivity contribution is 0.0824. The fourth-order valence-electron chi connectivity index (χ4n) is 4.79. The van der Waals surface area contributed by atoms with E-state index in [0.717, 1.165) is 17.5 Å². The van der Waals surface area contributed by atoms with Crippen molar-refractivity contribution in [3.05, 3.63) is 160 Å². The zero-order chi connectivity index (χ0) is 31.3. The van der Waals surface area contributed by atoms with Gasteiger partial charge in [-0.2, -0.15) is 0 Å². The number of ether oxygens (including phenoxy) is 2. The van der Waals surface area contributed by atoms with Crippen LogP contribution in [-0.4, -0.2) is 11.6 Å². The van der Waals surface area contributed by atoms with Crippen molar-refractivity contribution in [2.45, 2.75) is 38.2 Å². The molecule has 0 saturated heterocycles. The van der Waals surface area contributed by atoms with Crippen LogP contribution in [0, 0.1) is 0 Å². The van der Waals surface area contributed by atoms with Crippen LogP contribution in [0.2, 0.25) is 5.02 Å². The summed E-state index contributed by atoms with van der Waals surface area (Å²) in [5, 5.41) is 0.486. The Bertz CT molecular complexity index is 1730. The van der Waals surface area contributed by atoms with Crippen molar-refractivity contribution in [1.82, 2.24) is 0 Å². The molecule has 6 heteroatoms. The predicted octanol–water partition coefficient (Wildman–Crippen LogP) is 10.6. The van der Waals surface area contributed by atoms with E-state index in [2.05, 4.69) is 6.92 Å². The monoisotopic (exact) mass is 622 g/mol. The van der Waals surface area contributed by atoms with Gasteiger partial charge in [-0.25, -0.2) is 0 Å². The number of hydrogen-bond acceptors (Lipinski definition) is 4. The molecule has 0 spiro atoms. The van der Waals surface area contributed by atoms with Gasteiger partial charge in [-0.1, -0.05) is 67.1 Å². The molecule has 0 radical (unpaired) electrons. The first kappa shape index (κ1) is 31.1. The SMILES string of the molecule is CCC(C)(Oc1ccc(Oc2ccc(C(=O)c3ccc(C(C)Cl)cc3)cc2)cc1)c1ccc(C(=O)c2ccc(Cl)cc2)cc1. The first-order chi connectivity index (χ1) is 21.1. The maximum absolute atomic E-state index is 12.9. The molecule has 0 saturated carbocycles. The van der Waals surface area contributed by atoms with E-state index in [1.54, 1.807) is 60.7 Å². The second kappa shape index (κ2) is 13.5. The summed E-state index contributed by atoms with van der Waals surface area (Å²) in [6.07, 6.45) is 0.719. The second-order valence-electron chi connectivity index (χ2n) is 10.8. The lowest BCUT2D eigenvalue weighted by atomic mass is 9.91. The third kappa shape index (κ3) is 7.21. The molecule has 0 aliphatic carbocycles. The Labute approximate surface area is 268 Å². The minimum absolute atomic E-state index is 0.0590. The first-order valence-corrected chi connectivity index (χ1v) is 15.2. The van der Waals surface area contributed by atoms with Gasteiger partial charge in [0.25, 0.3) is 0 Å². The van der Waals surface area contributed by atoms with Crippen molar-refractivity contribution in [3.8, 4) is 17.2 Å². The Hall–Kier alpha value is -4.38. The summed E-state index contributed by atoms with van der Waals surface area (Å²) in [6, 6.07) is 36.3. The van der Waals surface area contributed by atoms with Crippen molar-refractivity contribution >= 4 is 34.8 Å². The topological polar surface area (TPSA) is 52.6 Å². The Balaban J connectivity index is 1.21. The molecule has 0 aromatic heterocycles. The maximum atomic E-state index is 12.9. The standard InChI is InChI=1S/C38H32Cl2O4/c1-4-38(3,31-15-9-28(10-16-31)37(42)29-11-17-32(40)18-12-29)44-35-23-21-34(22-24-35)43-33-19-13-30(14-20-33)36(41)27-7-5-26(6-8-27)25(2)39/h5-25H,4H2,1-3H3. The number of ketones is 2. The average molecular weight is 624 g/mol. The smallest absolute Gasteiger partial charge is 0.193 e. The highest BCUT2D eigenvalue weighted by Crippen LogP contribution is 2.33. The molecule has 5 rings (SSSR count). The van der Waals surface area contributed by atoms with E-state index >= 15 is 0 Å². The van der Waals surface area contributed by atoms with E-state index in [0.29, 0.717) is 44.5 Å². The van der Waals surface area contributed by atoms with Crippen molar-refractivity contribution in [2.24, 2.45) is 0 Å². The van der Waals surface area contributed by atoms with Crippen molar-refractivity contribution < 1.29 is 19.1 Å². The molecule has 2 atom stereocenters. The Morgan fingerprint density at radius 1 is 0.636 bits per heavy atom. The molecule has 0 aliphatic rings. The summed E-state index contributed by atoms with van der Waals surface area (Å²) in [6.45, 7) is 5.99. The van der Waals surface area contributed by atoms with Crippen LogP contribution in [-0.2, 0) is 5.60 Å². The highest BCUT2D eigenvalue weighted by Gasteiger charge is 2.27. The van der Waals surface area contributed by atoms with Gasteiger partial charge in [0, 0.05) is 27.3 Å². The number of hydrogen-bond donors (Lipinski definition) is 0. The summed E-state index contributed by atoms with van der Waals surface area (Å²) in [5.41, 5.74) is 3.71. The van der Waals surface area contributed by atoms with E-state index in [9.17, 15) is 9.59 Å². The fraction of sp³-hybridized carbons (Fsp3) is 0.158. The Morgan fingerprint density at radius 3 is 1.48 bits per heavy atom. The summed E-state index contributed by atoms with van der Waals surface area (Å²) < 4.78 is 12.5. The lowest BCUT2D eigenvalue weighted by Crippen LogP contribution is -2.28. The summed E-state index contributed by atoms with van der Waals surface area (Å²) in [7, 11) is 0. The quantitative estimate of drug-likeness (QED) is 0.109. The van der Waals surface area contributed by atoms with Crippen LogP contribution >= 0.6 is 23.2 Å². The molecule has 2 unspecified atom stereocenters. The summed E-state index contributed by atoms with van der Waals surface area (Å²) in [4.78, 5) is 25.8. The van der Waals surface area contributed by atoms with E-state index in [4.69, 9.17) is 32.7 Å². The van der Waals surface area contributed by atoms with Crippen molar-refractivity contribution in [3.63, 3.8) is 0 Å². The predicted molar refractivity (Wildman–Crippen MR) is 177 cm³/mol. The lowest BCUT2D eigenvalue weighted by Gasteiger charge is -2.30. The van der Waals surface area contributed by atoms with Gasteiger partial charge in [0.2, 0.25) is 0 Å². The van der Waals surface area contributed by atoms with Crippen LogP contribution in [0.1, 0.15) is 75.5 Å². The molecule has 4 nitrogen and oxygen atoms in total. The second-order valence-corrected chi connectivity index (χ2v) is 11.9. The molecule has 0 bridgehead atoms. The van der Waals surface area contributed by atoms with Crippen LogP contribution in [0.4, 0.5) is 0 Å². The minimum Gasteiger partial charge on any atom is -0.483 e. The Morgan fingerprint density at radius 2 is 1.02 bits per heavy atom. The molecule has 0 heterocycles. The third-order valence-corrected chi connectivity index (χ3v) is 8.19. The Kier molecular flexibility index (Phi) is 9.53. The molecule has 5 aromatic carbocycles. The number of carbonyl (C=O) groups is 2. The molecular formula is C38H32Cl2O4. The van der Waals surface area contributed by atoms with Crippen molar-refractivity contribution in [2.75, 3.05) is 0 Å². The molecule has 0 N–H and O–H groups in total. The van der Waals surface area contributed by atoms with Crippen LogP contribution in [0.25, 0.3) is 0 Å². The first-order valence-electron chi connectivity index (χ1n) is 14.4. The van der Waals surface area contributed by atoms with Gasteiger partial charge in [0.05, 0.1) is 5.38 Å². The van der Waals surface area contributed by atoms with E-state index in [1.807, 2.05) is 74.5 Å². The van der Waals surface area contributed by atoms with Crippen LogP contribution in [0.3, 0.4) is 0 Å². The van der Waals surface area contributed by atoms with Crippen molar-refractivity contribution in [1.29, 1.82) is 0 Å². The normalized spacial score (nSPS) is 13.0. The zero-order valence-corrected chi connectivity index (χ0v) is 26.2. The minimum atomic E-state index is -0.602. The number of alkyl halides is 1. The molecule has 222 valence electrons. The molecule has 0 amide bonds. The van der Waals surface area contributed by atoms with Gasteiger partial charge < -0.3 is 9.47 Å². The third-order valence-electron chi connectivity index (χ3n) is 7.69.